The first kappa shape index (κ1) is 13.3. The van der Waals surface area contributed by atoms with E-state index in [4.69, 9.17) is 0 Å². The molecule has 0 aliphatic heterocycles. The molecular weight excluding hydrogens is 227 g/mol. The van der Waals surface area contributed by atoms with E-state index in [1.54, 1.807) is 4.98 Å². The first-order valence-corrected chi connectivity index (χ1v) is 5.61. The normalized spacial score (nSPS) is 10.5. The maximum absolute atomic E-state index is 12.9. The molecule has 5 nitrogen and oxygen atoms in total. The van der Waals surface area contributed by atoms with Crippen LogP contribution in [-0.4, -0.2) is 15.5 Å². The first-order chi connectivity index (χ1) is 8.06. The minimum atomic E-state index is -1.13. The van der Waals surface area contributed by atoms with E-state index in [-0.39, 0.29) is 6.42 Å². The lowest BCUT2D eigenvalue weighted by molar-refractivity contribution is 0.0891. The van der Waals surface area contributed by atoms with Crippen LogP contribution in [0.5, 0.6) is 0 Å². The second kappa shape index (κ2) is 6.12. The standard InChI is InChI=1S/C11H15FN2O3/c1-2-3-4-5-6-9(15)14-7-8(12)10(16)13-11(14)17/h7H,2-6H2,1H3,(H,13,16,17). The van der Waals surface area contributed by atoms with Gasteiger partial charge in [0.25, 0.3) is 5.56 Å². The summed E-state index contributed by atoms with van der Waals surface area (Å²) in [6.07, 6.45) is 4.42. The second-order valence-electron chi connectivity index (χ2n) is 3.81. The number of H-pyrrole nitrogens is 1. The Morgan fingerprint density at radius 3 is 2.71 bits per heavy atom. The summed E-state index contributed by atoms with van der Waals surface area (Å²) in [5.41, 5.74) is -2.00. The number of halogens is 1. The van der Waals surface area contributed by atoms with E-state index in [0.717, 1.165) is 19.3 Å². The zero-order valence-corrected chi connectivity index (χ0v) is 9.66. The average Bonchev–Trinajstić information content (AvgIpc) is 2.29. The van der Waals surface area contributed by atoms with Gasteiger partial charge in [0.1, 0.15) is 0 Å². The zero-order valence-electron chi connectivity index (χ0n) is 9.66. The zero-order chi connectivity index (χ0) is 12.8. The van der Waals surface area contributed by atoms with E-state index in [1.807, 2.05) is 6.92 Å². The number of aromatic amines is 1. The summed E-state index contributed by atoms with van der Waals surface area (Å²) in [7, 11) is 0. The third-order valence-electron chi connectivity index (χ3n) is 2.41. The van der Waals surface area contributed by atoms with Crippen LogP contribution in [-0.2, 0) is 0 Å². The van der Waals surface area contributed by atoms with E-state index in [2.05, 4.69) is 0 Å². The van der Waals surface area contributed by atoms with Gasteiger partial charge in [0.15, 0.2) is 0 Å². The number of carbonyl (C=O) groups excluding carboxylic acids is 1. The van der Waals surface area contributed by atoms with Gasteiger partial charge in [-0.3, -0.25) is 14.6 Å². The fourth-order valence-corrected chi connectivity index (χ4v) is 1.46. The molecule has 0 saturated carbocycles. The van der Waals surface area contributed by atoms with Crippen LogP contribution in [0.4, 0.5) is 4.39 Å². The molecule has 1 aromatic rings. The maximum atomic E-state index is 12.9. The van der Waals surface area contributed by atoms with Crippen molar-refractivity contribution in [3.63, 3.8) is 0 Å². The summed E-state index contributed by atoms with van der Waals surface area (Å²) in [6, 6.07) is 0. The summed E-state index contributed by atoms with van der Waals surface area (Å²) in [6.45, 7) is 2.05. The number of aromatic nitrogens is 2. The minimum Gasteiger partial charge on any atom is -0.274 e. The predicted molar refractivity (Wildman–Crippen MR) is 60.7 cm³/mol. The number of hydrogen-bond donors (Lipinski definition) is 1. The highest BCUT2D eigenvalue weighted by Gasteiger charge is 2.10. The summed E-state index contributed by atoms with van der Waals surface area (Å²) in [5.74, 6) is -1.63. The van der Waals surface area contributed by atoms with Crippen molar-refractivity contribution in [3.8, 4) is 0 Å². The SMILES string of the molecule is CCCCCCC(=O)n1cc(F)c(=O)[nH]c1=O. The summed E-state index contributed by atoms with van der Waals surface area (Å²) >= 11 is 0. The Kier molecular flexibility index (Phi) is 4.81. The van der Waals surface area contributed by atoms with Crippen molar-refractivity contribution >= 4 is 5.91 Å². The van der Waals surface area contributed by atoms with Gasteiger partial charge in [0.2, 0.25) is 11.7 Å². The van der Waals surface area contributed by atoms with Crippen LogP contribution < -0.4 is 11.2 Å². The number of unbranched alkanes of at least 4 members (excludes halogenated alkanes) is 3. The summed E-state index contributed by atoms with van der Waals surface area (Å²) < 4.78 is 13.5. The van der Waals surface area contributed by atoms with Gasteiger partial charge >= 0.3 is 5.69 Å². The maximum Gasteiger partial charge on any atom is 0.335 e. The molecule has 0 spiro atoms. The van der Waals surface area contributed by atoms with Crippen LogP contribution in [0.25, 0.3) is 0 Å². The van der Waals surface area contributed by atoms with Crippen LogP contribution in [0.1, 0.15) is 43.8 Å². The molecule has 0 radical (unpaired) electrons. The average molecular weight is 242 g/mol. The van der Waals surface area contributed by atoms with Gasteiger partial charge in [-0.2, -0.15) is 4.39 Å². The van der Waals surface area contributed by atoms with E-state index in [9.17, 15) is 18.8 Å². The summed E-state index contributed by atoms with van der Waals surface area (Å²) in [5, 5.41) is 0. The highest BCUT2D eigenvalue weighted by molar-refractivity contribution is 5.78. The fraction of sp³-hybridized carbons (Fsp3) is 0.545. The predicted octanol–water partition coefficient (Wildman–Crippen LogP) is 1.29. The van der Waals surface area contributed by atoms with E-state index < -0.39 is 23.0 Å². The molecule has 94 valence electrons. The smallest absolute Gasteiger partial charge is 0.274 e. The number of hydrogen-bond acceptors (Lipinski definition) is 3. The Morgan fingerprint density at radius 2 is 2.06 bits per heavy atom. The van der Waals surface area contributed by atoms with Gasteiger partial charge < -0.3 is 0 Å². The molecular formula is C11H15FN2O3. The molecule has 6 heteroatoms. The van der Waals surface area contributed by atoms with Crippen LogP contribution in [0.3, 0.4) is 0 Å². The third-order valence-corrected chi connectivity index (χ3v) is 2.41. The lowest BCUT2D eigenvalue weighted by atomic mass is 10.1. The lowest BCUT2D eigenvalue weighted by Crippen LogP contribution is -2.34. The Bertz CT molecular complexity index is 504. The molecule has 0 unspecified atom stereocenters. The molecule has 1 heterocycles. The van der Waals surface area contributed by atoms with Crippen LogP contribution in [0.2, 0.25) is 0 Å². The van der Waals surface area contributed by atoms with Gasteiger partial charge in [-0.1, -0.05) is 26.2 Å². The van der Waals surface area contributed by atoms with Crippen molar-refractivity contribution in [1.82, 2.24) is 9.55 Å². The third kappa shape index (κ3) is 3.65. The monoisotopic (exact) mass is 242 g/mol. The Morgan fingerprint density at radius 1 is 1.35 bits per heavy atom. The van der Waals surface area contributed by atoms with Crippen molar-refractivity contribution in [2.24, 2.45) is 0 Å². The van der Waals surface area contributed by atoms with Gasteiger partial charge in [-0.25, -0.2) is 9.36 Å². The van der Waals surface area contributed by atoms with Crippen molar-refractivity contribution in [3.05, 3.63) is 32.9 Å². The largest absolute Gasteiger partial charge is 0.335 e. The fourth-order valence-electron chi connectivity index (χ4n) is 1.46. The molecule has 0 saturated heterocycles. The molecule has 0 aromatic carbocycles. The second-order valence-corrected chi connectivity index (χ2v) is 3.81. The van der Waals surface area contributed by atoms with Gasteiger partial charge in [-0.15, -0.1) is 0 Å². The van der Waals surface area contributed by atoms with E-state index in [1.165, 1.54) is 0 Å². The van der Waals surface area contributed by atoms with E-state index in [0.29, 0.717) is 17.2 Å². The number of carbonyl (C=O) groups is 1. The molecule has 1 aromatic heterocycles. The molecule has 1 N–H and O–H groups in total. The van der Waals surface area contributed by atoms with E-state index >= 15 is 0 Å². The molecule has 0 fully saturated rings. The molecule has 1 rings (SSSR count). The topological polar surface area (TPSA) is 71.9 Å². The highest BCUT2D eigenvalue weighted by Crippen LogP contribution is 2.03. The highest BCUT2D eigenvalue weighted by atomic mass is 19.1. The number of nitrogens with one attached hydrogen (secondary N) is 1. The molecule has 0 amide bonds. The van der Waals surface area contributed by atoms with Crippen LogP contribution >= 0.6 is 0 Å². The minimum absolute atomic E-state index is 0.172. The van der Waals surface area contributed by atoms with Crippen LogP contribution in [0.15, 0.2) is 15.8 Å². The van der Waals surface area contributed by atoms with Gasteiger partial charge in [0, 0.05) is 6.42 Å². The van der Waals surface area contributed by atoms with Crippen molar-refractivity contribution in [2.75, 3.05) is 0 Å². The Hall–Kier alpha value is -1.72. The molecule has 0 atom stereocenters. The molecule has 0 bridgehead atoms. The quantitative estimate of drug-likeness (QED) is 0.791. The van der Waals surface area contributed by atoms with Gasteiger partial charge in [-0.05, 0) is 6.42 Å². The summed E-state index contributed by atoms with van der Waals surface area (Å²) in [4.78, 5) is 35.3. The van der Waals surface area contributed by atoms with Crippen molar-refractivity contribution in [2.45, 2.75) is 39.0 Å². The molecule has 17 heavy (non-hydrogen) atoms. The molecule has 0 aliphatic carbocycles. The number of nitrogens with zero attached hydrogens (tertiary/aromatic N) is 1. The van der Waals surface area contributed by atoms with Crippen molar-refractivity contribution < 1.29 is 9.18 Å². The number of rotatable bonds is 5. The first-order valence-electron chi connectivity index (χ1n) is 5.61. The van der Waals surface area contributed by atoms with Crippen molar-refractivity contribution in [1.29, 1.82) is 0 Å². The molecule has 0 aliphatic rings. The van der Waals surface area contributed by atoms with Crippen LogP contribution in [0, 0.1) is 5.82 Å². The Balaban J connectivity index is 2.73. The van der Waals surface area contributed by atoms with Gasteiger partial charge in [0.05, 0.1) is 6.20 Å². The lowest BCUT2D eigenvalue weighted by Gasteiger charge is -2.03. The Labute approximate surface area is 97.3 Å².